The topological polar surface area (TPSA) is 64.1 Å². The minimum Gasteiger partial charge on any atom is -0.464 e. The number of rotatable bonds is 4. The zero-order chi connectivity index (χ0) is 13.0. The Balaban J connectivity index is 2.03. The number of aryl methyl sites for hydroxylation is 1. The summed E-state index contributed by atoms with van der Waals surface area (Å²) in [4.78, 5) is 21.8. The van der Waals surface area contributed by atoms with Gasteiger partial charge in [0.1, 0.15) is 5.82 Å². The van der Waals surface area contributed by atoms with Gasteiger partial charge in [0.05, 0.1) is 26.0 Å². The first-order valence-corrected chi connectivity index (χ1v) is 6.20. The molecule has 1 N–H and O–H groups in total. The van der Waals surface area contributed by atoms with Gasteiger partial charge < -0.3 is 10.1 Å². The van der Waals surface area contributed by atoms with E-state index < -0.39 is 5.97 Å². The average molecular weight is 263 g/mol. The van der Waals surface area contributed by atoms with Crippen LogP contribution in [0.3, 0.4) is 0 Å². The number of carbonyl (C=O) groups is 1. The molecule has 0 radical (unpaired) electrons. The molecule has 5 nitrogen and oxygen atoms in total. The standard InChI is InChI=1S/C12H13N3O2S/c1-8-3-4-9(18-8)5-14-11-7-13-6-10(15-11)12(16)17-2/h3-4,6-7H,5H2,1-2H3,(H,14,15). The van der Waals surface area contributed by atoms with E-state index in [2.05, 4.69) is 39.1 Å². The summed E-state index contributed by atoms with van der Waals surface area (Å²) in [7, 11) is 1.32. The molecular formula is C12H13N3O2S. The first-order valence-electron chi connectivity index (χ1n) is 5.38. The number of hydrogen-bond donors (Lipinski definition) is 1. The van der Waals surface area contributed by atoms with Crippen LogP contribution in [0.15, 0.2) is 24.5 Å². The van der Waals surface area contributed by atoms with Gasteiger partial charge in [0, 0.05) is 9.75 Å². The molecule has 2 heterocycles. The predicted molar refractivity (Wildman–Crippen MR) is 69.8 cm³/mol. The molecule has 0 fully saturated rings. The Labute approximate surface area is 109 Å². The fourth-order valence-corrected chi connectivity index (χ4v) is 2.24. The van der Waals surface area contributed by atoms with Gasteiger partial charge in [-0.25, -0.2) is 9.78 Å². The van der Waals surface area contributed by atoms with Crippen LogP contribution in [0.4, 0.5) is 5.82 Å². The number of carbonyl (C=O) groups excluding carboxylic acids is 1. The number of ether oxygens (including phenoxy) is 1. The molecule has 0 saturated heterocycles. The van der Waals surface area contributed by atoms with Gasteiger partial charge in [0.25, 0.3) is 0 Å². The van der Waals surface area contributed by atoms with Crippen LogP contribution in [0.2, 0.25) is 0 Å². The van der Waals surface area contributed by atoms with Crippen LogP contribution >= 0.6 is 11.3 Å². The Morgan fingerprint density at radius 1 is 1.44 bits per heavy atom. The van der Waals surface area contributed by atoms with E-state index in [0.29, 0.717) is 12.4 Å². The molecule has 18 heavy (non-hydrogen) atoms. The van der Waals surface area contributed by atoms with Gasteiger partial charge in [-0.15, -0.1) is 11.3 Å². The summed E-state index contributed by atoms with van der Waals surface area (Å²) in [6.45, 7) is 2.73. The number of hydrogen-bond acceptors (Lipinski definition) is 6. The second-order valence-corrected chi connectivity index (χ2v) is 5.02. The minimum absolute atomic E-state index is 0.199. The van der Waals surface area contributed by atoms with Crippen molar-refractivity contribution < 1.29 is 9.53 Å². The van der Waals surface area contributed by atoms with Crippen molar-refractivity contribution in [1.82, 2.24) is 9.97 Å². The smallest absolute Gasteiger partial charge is 0.358 e. The van der Waals surface area contributed by atoms with Crippen molar-refractivity contribution in [2.45, 2.75) is 13.5 Å². The van der Waals surface area contributed by atoms with Crippen molar-refractivity contribution in [2.24, 2.45) is 0 Å². The van der Waals surface area contributed by atoms with Gasteiger partial charge in [-0.05, 0) is 19.1 Å². The summed E-state index contributed by atoms with van der Waals surface area (Å²) in [6, 6.07) is 4.13. The first-order chi connectivity index (χ1) is 8.69. The van der Waals surface area contributed by atoms with E-state index in [1.165, 1.54) is 23.1 Å². The highest BCUT2D eigenvalue weighted by Crippen LogP contribution is 2.16. The Hall–Kier alpha value is -1.95. The monoisotopic (exact) mass is 263 g/mol. The molecule has 0 spiro atoms. The Kier molecular flexibility index (Phi) is 3.88. The molecule has 0 unspecified atom stereocenters. The summed E-state index contributed by atoms with van der Waals surface area (Å²) in [5.41, 5.74) is 0.199. The average Bonchev–Trinajstić information content (AvgIpc) is 2.81. The molecule has 0 atom stereocenters. The first kappa shape index (κ1) is 12.5. The van der Waals surface area contributed by atoms with Gasteiger partial charge >= 0.3 is 5.97 Å². The van der Waals surface area contributed by atoms with Crippen molar-refractivity contribution in [1.29, 1.82) is 0 Å². The molecule has 6 heteroatoms. The van der Waals surface area contributed by atoms with E-state index in [4.69, 9.17) is 0 Å². The van der Waals surface area contributed by atoms with Crippen molar-refractivity contribution in [3.05, 3.63) is 40.0 Å². The number of esters is 1. The van der Waals surface area contributed by atoms with E-state index in [-0.39, 0.29) is 5.69 Å². The maximum atomic E-state index is 11.3. The normalized spacial score (nSPS) is 10.1. The van der Waals surface area contributed by atoms with E-state index in [1.807, 2.05) is 0 Å². The largest absolute Gasteiger partial charge is 0.464 e. The lowest BCUT2D eigenvalue weighted by atomic mass is 10.4. The van der Waals surface area contributed by atoms with Crippen LogP contribution in [0.25, 0.3) is 0 Å². The SMILES string of the molecule is COC(=O)c1cncc(NCc2ccc(C)s2)n1. The highest BCUT2D eigenvalue weighted by Gasteiger charge is 2.08. The van der Waals surface area contributed by atoms with Crippen LogP contribution < -0.4 is 5.32 Å². The minimum atomic E-state index is -0.488. The van der Waals surface area contributed by atoms with E-state index in [1.54, 1.807) is 17.5 Å². The van der Waals surface area contributed by atoms with Gasteiger partial charge in [-0.2, -0.15) is 0 Å². The van der Waals surface area contributed by atoms with Gasteiger partial charge in [0.15, 0.2) is 5.69 Å². The van der Waals surface area contributed by atoms with Crippen LogP contribution in [0.5, 0.6) is 0 Å². The fourth-order valence-electron chi connectivity index (χ4n) is 1.41. The molecule has 0 amide bonds. The molecular weight excluding hydrogens is 250 g/mol. The number of methoxy groups -OCH3 is 1. The van der Waals surface area contributed by atoms with Crippen molar-refractivity contribution in [3.63, 3.8) is 0 Å². The number of nitrogens with zero attached hydrogens (tertiary/aromatic N) is 2. The third kappa shape index (κ3) is 3.04. The summed E-state index contributed by atoms with van der Waals surface area (Å²) in [5.74, 6) is 0.0714. The highest BCUT2D eigenvalue weighted by molar-refractivity contribution is 7.11. The molecule has 0 aliphatic carbocycles. The third-order valence-electron chi connectivity index (χ3n) is 2.27. The molecule has 94 valence electrons. The lowest BCUT2D eigenvalue weighted by Gasteiger charge is -2.04. The molecule has 2 rings (SSSR count). The highest BCUT2D eigenvalue weighted by atomic mass is 32.1. The molecule has 0 aromatic carbocycles. The zero-order valence-corrected chi connectivity index (χ0v) is 11.0. The van der Waals surface area contributed by atoms with Crippen molar-refractivity contribution in [3.8, 4) is 0 Å². The summed E-state index contributed by atoms with van der Waals surface area (Å²) < 4.78 is 4.59. The quantitative estimate of drug-likeness (QED) is 0.857. The van der Waals surface area contributed by atoms with E-state index in [0.717, 1.165) is 0 Å². The summed E-state index contributed by atoms with van der Waals surface area (Å²) >= 11 is 1.72. The lowest BCUT2D eigenvalue weighted by molar-refractivity contribution is 0.0593. The zero-order valence-electron chi connectivity index (χ0n) is 10.1. The summed E-state index contributed by atoms with van der Waals surface area (Å²) in [6.07, 6.45) is 2.96. The van der Waals surface area contributed by atoms with Gasteiger partial charge in [0.2, 0.25) is 0 Å². The van der Waals surface area contributed by atoms with E-state index >= 15 is 0 Å². The van der Waals surface area contributed by atoms with Crippen LogP contribution in [-0.2, 0) is 11.3 Å². The number of anilines is 1. The van der Waals surface area contributed by atoms with E-state index in [9.17, 15) is 4.79 Å². The Bertz CT molecular complexity index is 554. The van der Waals surface area contributed by atoms with Crippen molar-refractivity contribution in [2.75, 3.05) is 12.4 Å². The molecule has 0 aliphatic heterocycles. The summed E-state index contributed by atoms with van der Waals surface area (Å²) in [5, 5.41) is 3.12. The molecule has 0 saturated carbocycles. The second kappa shape index (κ2) is 5.59. The van der Waals surface area contributed by atoms with Crippen molar-refractivity contribution >= 4 is 23.1 Å². The number of nitrogens with one attached hydrogen (secondary N) is 1. The second-order valence-electron chi connectivity index (χ2n) is 3.65. The number of thiophene rings is 1. The molecule has 2 aromatic heterocycles. The molecule has 0 aliphatic rings. The van der Waals surface area contributed by atoms with Gasteiger partial charge in [-0.1, -0.05) is 0 Å². The molecule has 2 aromatic rings. The van der Waals surface area contributed by atoms with Gasteiger partial charge in [-0.3, -0.25) is 4.98 Å². The molecule has 0 bridgehead atoms. The van der Waals surface area contributed by atoms with Crippen LogP contribution in [-0.4, -0.2) is 23.0 Å². The maximum absolute atomic E-state index is 11.3. The maximum Gasteiger partial charge on any atom is 0.358 e. The number of aromatic nitrogens is 2. The van der Waals surface area contributed by atoms with Crippen LogP contribution in [0, 0.1) is 6.92 Å². The van der Waals surface area contributed by atoms with Crippen LogP contribution in [0.1, 0.15) is 20.2 Å². The predicted octanol–water partition coefficient (Wildman–Crippen LogP) is 2.25. The Morgan fingerprint density at radius 2 is 2.28 bits per heavy atom. The Morgan fingerprint density at radius 3 is 2.94 bits per heavy atom. The third-order valence-corrected chi connectivity index (χ3v) is 3.27. The lowest BCUT2D eigenvalue weighted by Crippen LogP contribution is -2.08. The fraction of sp³-hybridized carbons (Fsp3) is 0.250.